The molecule has 37 heavy (non-hydrogen) atoms. The van der Waals surface area contributed by atoms with Crippen LogP contribution in [0.15, 0.2) is 42.5 Å². The van der Waals surface area contributed by atoms with Crippen LogP contribution in [-0.2, 0) is 19.1 Å². The van der Waals surface area contributed by atoms with Gasteiger partial charge in [-0.15, -0.1) is 0 Å². The van der Waals surface area contributed by atoms with E-state index in [-0.39, 0.29) is 11.9 Å². The highest BCUT2D eigenvalue weighted by Gasteiger charge is 2.22. The molecule has 2 atom stereocenters. The van der Waals surface area contributed by atoms with Gasteiger partial charge in [-0.05, 0) is 55.4 Å². The molecule has 0 N–H and O–H groups in total. The van der Waals surface area contributed by atoms with Crippen LogP contribution in [0.25, 0.3) is 6.08 Å². The van der Waals surface area contributed by atoms with Crippen molar-refractivity contribution in [2.75, 3.05) is 20.3 Å². The molecule has 1 aromatic carbocycles. The Bertz CT molecular complexity index is 796. The summed E-state index contributed by atoms with van der Waals surface area (Å²) in [5.74, 6) is 1.25. The summed E-state index contributed by atoms with van der Waals surface area (Å²) in [6.07, 6.45) is 17.3. The van der Waals surface area contributed by atoms with Crippen LogP contribution in [0.2, 0.25) is 0 Å². The second-order valence-electron chi connectivity index (χ2n) is 10.0. The van der Waals surface area contributed by atoms with Gasteiger partial charge in [0.25, 0.3) is 0 Å². The van der Waals surface area contributed by atoms with Crippen LogP contribution in [0.3, 0.4) is 0 Å². The van der Waals surface area contributed by atoms with Gasteiger partial charge in [0, 0.05) is 11.6 Å². The number of unbranched alkanes of at least 4 members (excludes halogenated alkanes) is 6. The molecule has 0 saturated carbocycles. The summed E-state index contributed by atoms with van der Waals surface area (Å²) in [7, 11) is 1.36. The molecular formula is C32H50O5. The van der Waals surface area contributed by atoms with Crippen LogP contribution in [0.1, 0.15) is 103 Å². The summed E-state index contributed by atoms with van der Waals surface area (Å²) in [6, 6.07) is 7.68. The average molecular weight is 515 g/mol. The van der Waals surface area contributed by atoms with Gasteiger partial charge in [-0.2, -0.15) is 0 Å². The number of hydrogen-bond acceptors (Lipinski definition) is 5. The molecule has 0 aliphatic heterocycles. The lowest BCUT2D eigenvalue weighted by molar-refractivity contribution is -0.141. The lowest BCUT2D eigenvalue weighted by atomic mass is 9.81. The number of esters is 2. The fourth-order valence-corrected chi connectivity index (χ4v) is 4.46. The van der Waals surface area contributed by atoms with E-state index in [1.54, 1.807) is 13.0 Å². The standard InChI is InChI=1S/C32H50O5/c1-6-8-12-16-28(15-9-7-2)29(25-37-32(34)26(3)4)17-13-10-11-14-24-36-30-21-18-27(19-22-30)20-23-31(33)35-5/h18-23,28-29H,3,6-17,24-25H2,1-2,4-5H3. The lowest BCUT2D eigenvalue weighted by Gasteiger charge is -2.27. The second kappa shape index (κ2) is 20.5. The molecule has 0 aliphatic rings. The number of rotatable bonds is 21. The van der Waals surface area contributed by atoms with E-state index in [2.05, 4.69) is 25.2 Å². The van der Waals surface area contributed by atoms with E-state index < -0.39 is 0 Å². The molecule has 5 nitrogen and oxygen atoms in total. The Morgan fingerprint density at radius 3 is 2.14 bits per heavy atom. The maximum Gasteiger partial charge on any atom is 0.333 e. The lowest BCUT2D eigenvalue weighted by Crippen LogP contribution is -2.23. The van der Waals surface area contributed by atoms with Gasteiger partial charge in [0.1, 0.15) is 5.75 Å². The first-order valence-electron chi connectivity index (χ1n) is 14.2. The van der Waals surface area contributed by atoms with Crippen LogP contribution in [-0.4, -0.2) is 32.3 Å². The molecule has 0 heterocycles. The zero-order valence-corrected chi connectivity index (χ0v) is 23.8. The smallest absolute Gasteiger partial charge is 0.333 e. The fraction of sp³-hybridized carbons (Fsp3) is 0.625. The van der Waals surface area contributed by atoms with E-state index in [4.69, 9.17) is 9.47 Å². The monoisotopic (exact) mass is 514 g/mol. The van der Waals surface area contributed by atoms with E-state index in [1.165, 1.54) is 58.1 Å². The Morgan fingerprint density at radius 1 is 0.865 bits per heavy atom. The zero-order chi connectivity index (χ0) is 27.3. The molecule has 0 saturated heterocycles. The third kappa shape index (κ3) is 15.3. The molecule has 0 bridgehead atoms. The largest absolute Gasteiger partial charge is 0.494 e. The topological polar surface area (TPSA) is 61.8 Å². The first kappa shape index (κ1) is 32.5. The van der Waals surface area contributed by atoms with Crippen molar-refractivity contribution in [1.82, 2.24) is 0 Å². The van der Waals surface area contributed by atoms with Gasteiger partial charge in [0.2, 0.25) is 0 Å². The Balaban J connectivity index is 2.45. The van der Waals surface area contributed by atoms with Gasteiger partial charge >= 0.3 is 11.9 Å². The summed E-state index contributed by atoms with van der Waals surface area (Å²) >= 11 is 0. The number of benzene rings is 1. The quantitative estimate of drug-likeness (QED) is 0.0937. The minimum atomic E-state index is -0.368. The summed E-state index contributed by atoms with van der Waals surface area (Å²) in [4.78, 5) is 23.2. The van der Waals surface area contributed by atoms with Crippen LogP contribution >= 0.6 is 0 Å². The number of methoxy groups -OCH3 is 1. The molecule has 0 fully saturated rings. The first-order chi connectivity index (χ1) is 17.9. The minimum absolute atomic E-state index is 0.266. The van der Waals surface area contributed by atoms with Crippen molar-refractivity contribution < 1.29 is 23.8 Å². The summed E-state index contributed by atoms with van der Waals surface area (Å²) < 4.78 is 16.1. The van der Waals surface area contributed by atoms with E-state index in [9.17, 15) is 9.59 Å². The molecule has 0 radical (unpaired) electrons. The van der Waals surface area contributed by atoms with Crippen molar-refractivity contribution in [3.8, 4) is 5.75 Å². The van der Waals surface area contributed by atoms with Crippen molar-refractivity contribution in [2.45, 2.75) is 97.8 Å². The van der Waals surface area contributed by atoms with Gasteiger partial charge in [0.15, 0.2) is 0 Å². The molecule has 208 valence electrons. The predicted molar refractivity (Wildman–Crippen MR) is 152 cm³/mol. The van der Waals surface area contributed by atoms with E-state index >= 15 is 0 Å². The molecule has 5 heteroatoms. The van der Waals surface area contributed by atoms with Gasteiger partial charge in [0.05, 0.1) is 20.3 Å². The van der Waals surface area contributed by atoms with Crippen molar-refractivity contribution in [3.05, 3.63) is 48.1 Å². The number of carbonyl (C=O) groups is 2. The van der Waals surface area contributed by atoms with Crippen LogP contribution in [0.5, 0.6) is 5.75 Å². The second-order valence-corrected chi connectivity index (χ2v) is 10.0. The van der Waals surface area contributed by atoms with Crippen LogP contribution in [0.4, 0.5) is 0 Å². The van der Waals surface area contributed by atoms with Gasteiger partial charge in [-0.25, -0.2) is 9.59 Å². The summed E-state index contributed by atoms with van der Waals surface area (Å²) in [6.45, 7) is 11.1. The van der Waals surface area contributed by atoms with E-state index in [0.29, 0.717) is 30.6 Å². The summed E-state index contributed by atoms with van der Waals surface area (Å²) in [5, 5.41) is 0. The normalized spacial score (nSPS) is 12.8. The number of carbonyl (C=O) groups excluding carboxylic acids is 2. The van der Waals surface area contributed by atoms with Crippen molar-refractivity contribution in [3.63, 3.8) is 0 Å². The van der Waals surface area contributed by atoms with Gasteiger partial charge in [-0.1, -0.05) is 96.8 Å². The first-order valence-corrected chi connectivity index (χ1v) is 14.2. The highest BCUT2D eigenvalue weighted by molar-refractivity contribution is 5.87. The fourth-order valence-electron chi connectivity index (χ4n) is 4.46. The Labute approximate surface area is 225 Å². The predicted octanol–water partition coefficient (Wildman–Crippen LogP) is 8.32. The molecule has 0 aromatic heterocycles. The highest BCUT2D eigenvalue weighted by atomic mass is 16.5. The van der Waals surface area contributed by atoms with Gasteiger partial charge < -0.3 is 14.2 Å². The summed E-state index contributed by atoms with van der Waals surface area (Å²) in [5.41, 5.74) is 1.40. The maximum atomic E-state index is 12.0. The third-order valence-corrected chi connectivity index (χ3v) is 6.78. The molecule has 1 rings (SSSR count). The van der Waals surface area contributed by atoms with Crippen molar-refractivity contribution in [2.24, 2.45) is 11.8 Å². The Morgan fingerprint density at radius 2 is 1.49 bits per heavy atom. The van der Waals surface area contributed by atoms with Crippen LogP contribution in [0, 0.1) is 11.8 Å². The Hall–Kier alpha value is -2.56. The zero-order valence-electron chi connectivity index (χ0n) is 23.8. The number of ether oxygens (including phenoxy) is 3. The van der Waals surface area contributed by atoms with Crippen molar-refractivity contribution in [1.29, 1.82) is 0 Å². The molecule has 0 aliphatic carbocycles. The molecule has 1 aromatic rings. The van der Waals surface area contributed by atoms with E-state index in [1.807, 2.05) is 24.3 Å². The van der Waals surface area contributed by atoms with Crippen molar-refractivity contribution >= 4 is 18.0 Å². The third-order valence-electron chi connectivity index (χ3n) is 6.78. The maximum absolute atomic E-state index is 12.0. The number of hydrogen-bond donors (Lipinski definition) is 0. The molecule has 2 unspecified atom stereocenters. The molecule has 0 spiro atoms. The van der Waals surface area contributed by atoms with Crippen LogP contribution < -0.4 is 4.74 Å². The van der Waals surface area contributed by atoms with E-state index in [0.717, 1.165) is 43.4 Å². The molecule has 0 amide bonds. The minimum Gasteiger partial charge on any atom is -0.494 e. The Kier molecular flexibility index (Phi) is 18.0. The highest BCUT2D eigenvalue weighted by Crippen LogP contribution is 2.30. The molecular weight excluding hydrogens is 464 g/mol. The SMILES string of the molecule is C=C(C)C(=O)OCC(CCCCCCOc1ccc(C=CC(=O)OC)cc1)C(CCCC)CCCCC. The van der Waals surface area contributed by atoms with Gasteiger partial charge in [-0.3, -0.25) is 0 Å². The average Bonchev–Trinajstić information content (AvgIpc) is 2.90.